The molecule has 0 saturated carbocycles. The average molecular weight is 224 g/mol. The van der Waals surface area contributed by atoms with Crippen molar-refractivity contribution in [3.05, 3.63) is 0 Å². The van der Waals surface area contributed by atoms with E-state index in [0.717, 1.165) is 5.43 Å². The number of hydrogen-bond donors (Lipinski definition) is 3. The van der Waals surface area contributed by atoms with Crippen LogP contribution in [0.1, 0.15) is 0 Å². The fraction of sp³-hybridized carbons (Fsp3) is 0.750. The maximum atomic E-state index is 11.9. The highest BCUT2D eigenvalue weighted by Crippen LogP contribution is 2.28. The summed E-state index contributed by atoms with van der Waals surface area (Å²) in [5.74, 6) is 8.53. The molecule has 0 aliphatic carbocycles. The number of hydrazone groups is 1. The Kier molecular flexibility index (Phi) is 3.71. The summed E-state index contributed by atoms with van der Waals surface area (Å²) in [6.07, 6.45) is -10.5. The minimum absolute atomic E-state index is 0.944. The SMILES string of the molecule is NN=C(C(NN)C(F)(F)F)C(F)(F)F. The largest absolute Gasteiger partial charge is 0.433 e. The first-order valence-corrected chi connectivity index (χ1v) is 3.02. The van der Waals surface area contributed by atoms with Crippen molar-refractivity contribution in [3.8, 4) is 0 Å². The van der Waals surface area contributed by atoms with E-state index in [2.05, 4.69) is 11.7 Å². The lowest BCUT2D eigenvalue weighted by molar-refractivity contribution is -0.149. The number of nitrogens with one attached hydrogen (secondary N) is 1. The average Bonchev–Trinajstić information content (AvgIpc) is 1.94. The van der Waals surface area contributed by atoms with Crippen molar-refractivity contribution in [1.29, 1.82) is 0 Å². The van der Waals surface area contributed by atoms with E-state index in [1.54, 1.807) is 0 Å². The molecule has 0 fully saturated rings. The molecule has 1 atom stereocenters. The quantitative estimate of drug-likeness (QED) is 0.272. The number of halogens is 6. The van der Waals surface area contributed by atoms with Crippen LogP contribution in [0, 0.1) is 0 Å². The summed E-state index contributed by atoms with van der Waals surface area (Å²) in [5.41, 5.74) is -1.29. The van der Waals surface area contributed by atoms with E-state index in [0.29, 0.717) is 0 Å². The normalized spacial score (nSPS) is 16.9. The molecular formula is C4H6F6N4. The molecule has 0 rings (SSSR count). The molecule has 1 unspecified atom stereocenters. The lowest BCUT2D eigenvalue weighted by Crippen LogP contribution is -2.56. The molecule has 84 valence electrons. The summed E-state index contributed by atoms with van der Waals surface area (Å²) in [6.45, 7) is 0. The third-order valence-corrected chi connectivity index (χ3v) is 1.20. The van der Waals surface area contributed by atoms with Gasteiger partial charge in [-0.1, -0.05) is 0 Å². The predicted octanol–water partition coefficient (Wildman–Crippen LogP) is 0.258. The van der Waals surface area contributed by atoms with Crippen LogP contribution in [-0.4, -0.2) is 24.1 Å². The van der Waals surface area contributed by atoms with E-state index in [-0.39, 0.29) is 0 Å². The minimum atomic E-state index is -5.29. The van der Waals surface area contributed by atoms with Crippen molar-refractivity contribution >= 4 is 5.71 Å². The fourth-order valence-corrected chi connectivity index (χ4v) is 0.640. The van der Waals surface area contributed by atoms with E-state index in [9.17, 15) is 26.3 Å². The molecule has 0 saturated heterocycles. The van der Waals surface area contributed by atoms with Gasteiger partial charge >= 0.3 is 12.4 Å². The van der Waals surface area contributed by atoms with Crippen molar-refractivity contribution in [3.63, 3.8) is 0 Å². The van der Waals surface area contributed by atoms with Gasteiger partial charge in [0.05, 0.1) is 0 Å². The predicted molar refractivity (Wildman–Crippen MR) is 34.8 cm³/mol. The zero-order valence-corrected chi connectivity index (χ0v) is 6.45. The number of nitrogens with two attached hydrogens (primary N) is 2. The first-order valence-electron chi connectivity index (χ1n) is 3.02. The number of alkyl halides is 6. The van der Waals surface area contributed by atoms with Gasteiger partial charge in [0.25, 0.3) is 0 Å². The molecule has 14 heavy (non-hydrogen) atoms. The molecular weight excluding hydrogens is 218 g/mol. The molecule has 10 heteroatoms. The van der Waals surface area contributed by atoms with Crippen LogP contribution in [0.2, 0.25) is 0 Å². The van der Waals surface area contributed by atoms with Crippen LogP contribution in [0.15, 0.2) is 5.10 Å². The molecule has 0 aromatic heterocycles. The van der Waals surface area contributed by atoms with Gasteiger partial charge < -0.3 is 5.84 Å². The number of nitrogens with zero attached hydrogens (tertiary/aromatic N) is 1. The second-order valence-corrected chi connectivity index (χ2v) is 2.15. The van der Waals surface area contributed by atoms with Crippen molar-refractivity contribution < 1.29 is 26.3 Å². The molecule has 0 bridgehead atoms. The molecule has 0 spiro atoms. The van der Waals surface area contributed by atoms with Gasteiger partial charge in [0.1, 0.15) is 0 Å². The van der Waals surface area contributed by atoms with Crippen LogP contribution in [0.3, 0.4) is 0 Å². The lowest BCUT2D eigenvalue weighted by Gasteiger charge is -2.21. The van der Waals surface area contributed by atoms with Crippen LogP contribution in [0.4, 0.5) is 26.3 Å². The van der Waals surface area contributed by atoms with Crippen LogP contribution in [-0.2, 0) is 0 Å². The van der Waals surface area contributed by atoms with E-state index in [1.807, 2.05) is 5.10 Å². The van der Waals surface area contributed by atoms with Crippen LogP contribution >= 0.6 is 0 Å². The maximum absolute atomic E-state index is 11.9. The van der Waals surface area contributed by atoms with Crippen LogP contribution in [0.25, 0.3) is 0 Å². The van der Waals surface area contributed by atoms with Gasteiger partial charge in [-0.05, 0) is 0 Å². The highest BCUT2D eigenvalue weighted by atomic mass is 19.4. The summed E-state index contributed by atoms with van der Waals surface area (Å²) in [4.78, 5) is 0. The van der Waals surface area contributed by atoms with Crippen molar-refractivity contribution in [2.75, 3.05) is 0 Å². The zero-order valence-electron chi connectivity index (χ0n) is 6.45. The Morgan fingerprint density at radius 2 is 1.57 bits per heavy atom. The van der Waals surface area contributed by atoms with Gasteiger partial charge in [0.15, 0.2) is 11.8 Å². The van der Waals surface area contributed by atoms with Crippen LogP contribution < -0.4 is 17.1 Å². The molecule has 0 heterocycles. The van der Waals surface area contributed by atoms with Gasteiger partial charge in [-0.3, -0.25) is 5.84 Å². The minimum Gasteiger partial charge on any atom is -0.323 e. The second-order valence-electron chi connectivity index (χ2n) is 2.15. The van der Waals surface area contributed by atoms with Crippen molar-refractivity contribution in [2.24, 2.45) is 16.8 Å². The summed E-state index contributed by atoms with van der Waals surface area (Å²) in [7, 11) is 0. The molecule has 0 aliphatic heterocycles. The lowest BCUT2D eigenvalue weighted by atomic mass is 10.1. The zero-order chi connectivity index (χ0) is 11.6. The summed E-state index contributed by atoms with van der Waals surface area (Å²) >= 11 is 0. The van der Waals surface area contributed by atoms with E-state index in [1.165, 1.54) is 0 Å². The Morgan fingerprint density at radius 3 is 1.64 bits per heavy atom. The maximum Gasteiger partial charge on any atom is 0.433 e. The molecule has 4 nitrogen and oxygen atoms in total. The highest BCUT2D eigenvalue weighted by Gasteiger charge is 2.52. The van der Waals surface area contributed by atoms with Gasteiger partial charge in [-0.25, -0.2) is 5.43 Å². The van der Waals surface area contributed by atoms with Gasteiger partial charge in [0.2, 0.25) is 0 Å². The summed E-state index contributed by atoms with van der Waals surface area (Å²) in [6, 6.07) is -3.13. The van der Waals surface area contributed by atoms with Crippen molar-refractivity contribution in [2.45, 2.75) is 18.4 Å². The summed E-state index contributed by atoms with van der Waals surface area (Å²) in [5, 5.41) is 2.03. The smallest absolute Gasteiger partial charge is 0.323 e. The Labute approximate surface area is 73.9 Å². The van der Waals surface area contributed by atoms with E-state index < -0.39 is 24.1 Å². The van der Waals surface area contributed by atoms with Gasteiger partial charge in [-0.2, -0.15) is 31.4 Å². The first kappa shape index (κ1) is 13.0. The van der Waals surface area contributed by atoms with E-state index in [4.69, 9.17) is 0 Å². The number of hydrogen-bond acceptors (Lipinski definition) is 4. The highest BCUT2D eigenvalue weighted by molar-refractivity contribution is 5.94. The monoisotopic (exact) mass is 224 g/mol. The summed E-state index contributed by atoms with van der Waals surface area (Å²) < 4.78 is 71.4. The molecule has 5 N–H and O–H groups in total. The Balaban J connectivity index is 5.03. The topological polar surface area (TPSA) is 76.4 Å². The standard InChI is InChI=1S/C4H6F6N4/c5-3(6,7)1(13-11)2(14-12)4(8,9)10/h1,13H,11-12H2. The van der Waals surface area contributed by atoms with Crippen molar-refractivity contribution in [1.82, 2.24) is 5.43 Å². The van der Waals surface area contributed by atoms with E-state index >= 15 is 0 Å². The fourth-order valence-electron chi connectivity index (χ4n) is 0.640. The number of hydrazine groups is 1. The van der Waals surface area contributed by atoms with Gasteiger partial charge in [-0.15, -0.1) is 0 Å². The second kappa shape index (κ2) is 4.00. The first-order chi connectivity index (χ1) is 6.14. The number of rotatable bonds is 2. The molecule has 0 radical (unpaired) electrons. The van der Waals surface area contributed by atoms with Crippen LogP contribution in [0.5, 0.6) is 0 Å². The Bertz CT molecular complexity index is 217. The Hall–Kier alpha value is -1.03. The molecule has 0 aromatic carbocycles. The Morgan fingerprint density at radius 1 is 1.14 bits per heavy atom. The molecule has 0 aromatic rings. The molecule has 0 amide bonds. The molecule has 0 aliphatic rings. The third kappa shape index (κ3) is 3.03. The van der Waals surface area contributed by atoms with Gasteiger partial charge in [0, 0.05) is 0 Å². The third-order valence-electron chi connectivity index (χ3n) is 1.20.